The molecule has 3 aromatic rings. The Balaban J connectivity index is 1.53. The fraction of sp³-hybridized carbons (Fsp3) is 0.200. The highest BCUT2D eigenvalue weighted by atomic mass is 32.2. The highest BCUT2D eigenvalue weighted by Gasteiger charge is 2.18. The van der Waals surface area contributed by atoms with E-state index in [2.05, 4.69) is 15.6 Å². The van der Waals surface area contributed by atoms with Crippen LogP contribution in [0, 0.1) is 6.92 Å². The van der Waals surface area contributed by atoms with Gasteiger partial charge in [-0.15, -0.1) is 0 Å². The Morgan fingerprint density at radius 2 is 1.69 bits per heavy atom. The third-order valence-electron chi connectivity index (χ3n) is 4.51. The molecule has 1 aromatic heterocycles. The van der Waals surface area contributed by atoms with Gasteiger partial charge in [-0.05, 0) is 44.2 Å². The number of rotatable bonds is 6. The number of amides is 2. The molecule has 0 aliphatic carbocycles. The van der Waals surface area contributed by atoms with Gasteiger partial charge in [-0.25, -0.2) is 13.1 Å². The van der Waals surface area contributed by atoms with Crippen LogP contribution in [-0.4, -0.2) is 27.3 Å². The summed E-state index contributed by atoms with van der Waals surface area (Å²) in [5.41, 5.74) is 6.82. The molecule has 29 heavy (non-hydrogen) atoms. The molecule has 0 radical (unpaired) electrons. The summed E-state index contributed by atoms with van der Waals surface area (Å²) in [5, 5.41) is 0.840. The zero-order chi connectivity index (χ0) is 21.0. The third-order valence-corrected chi connectivity index (χ3v) is 5.94. The van der Waals surface area contributed by atoms with Gasteiger partial charge in [-0.1, -0.05) is 30.3 Å². The van der Waals surface area contributed by atoms with Crippen LogP contribution in [0.4, 0.5) is 0 Å². The van der Waals surface area contributed by atoms with Crippen molar-refractivity contribution in [2.24, 2.45) is 0 Å². The van der Waals surface area contributed by atoms with Crippen molar-refractivity contribution in [2.45, 2.75) is 24.7 Å². The number of nitrogens with one attached hydrogen (secondary N) is 3. The first-order valence-corrected chi connectivity index (χ1v) is 10.4. The monoisotopic (exact) mass is 415 g/mol. The van der Waals surface area contributed by atoms with Crippen LogP contribution in [0.3, 0.4) is 0 Å². The summed E-state index contributed by atoms with van der Waals surface area (Å²) in [7, 11) is -2.15. The topological polar surface area (TPSA) is 118 Å². The molecule has 8 nitrogen and oxygen atoms in total. The molecule has 0 saturated heterocycles. The Bertz CT molecular complexity index is 1150. The van der Waals surface area contributed by atoms with Crippen molar-refractivity contribution in [1.29, 1.82) is 0 Å². The Kier molecular flexibility index (Phi) is 6.00. The first-order valence-electron chi connectivity index (χ1n) is 8.91. The van der Waals surface area contributed by atoms with Crippen molar-refractivity contribution >= 4 is 32.8 Å². The summed E-state index contributed by atoms with van der Waals surface area (Å²) >= 11 is 0. The predicted octanol–water partition coefficient (Wildman–Crippen LogP) is 2.04. The molecule has 0 bridgehead atoms. The quantitative estimate of drug-likeness (QED) is 0.533. The van der Waals surface area contributed by atoms with Crippen LogP contribution < -0.4 is 15.6 Å². The van der Waals surface area contributed by atoms with Gasteiger partial charge in [0.1, 0.15) is 5.58 Å². The number of hydrogen-bond donors (Lipinski definition) is 3. The lowest BCUT2D eigenvalue weighted by Crippen LogP contribution is -2.41. The van der Waals surface area contributed by atoms with Crippen LogP contribution in [0.1, 0.15) is 28.1 Å². The van der Waals surface area contributed by atoms with E-state index in [4.69, 9.17) is 4.42 Å². The van der Waals surface area contributed by atoms with Gasteiger partial charge in [0, 0.05) is 17.4 Å². The summed E-state index contributed by atoms with van der Waals surface area (Å²) in [4.78, 5) is 24.5. The molecule has 3 rings (SSSR count). The second-order valence-electron chi connectivity index (χ2n) is 6.41. The average Bonchev–Trinajstić information content (AvgIpc) is 3.07. The van der Waals surface area contributed by atoms with Crippen LogP contribution in [0.2, 0.25) is 0 Å². The zero-order valence-electron chi connectivity index (χ0n) is 16.0. The fourth-order valence-corrected chi connectivity index (χ4v) is 3.58. The van der Waals surface area contributed by atoms with Gasteiger partial charge in [0.2, 0.25) is 15.9 Å². The average molecular weight is 415 g/mol. The lowest BCUT2D eigenvalue weighted by molar-refractivity contribution is -0.121. The van der Waals surface area contributed by atoms with Crippen molar-refractivity contribution in [2.75, 3.05) is 7.05 Å². The molecule has 0 atom stereocenters. The van der Waals surface area contributed by atoms with Crippen LogP contribution >= 0.6 is 0 Å². The number of carbonyl (C=O) groups is 2. The Morgan fingerprint density at radius 3 is 2.34 bits per heavy atom. The normalized spacial score (nSPS) is 11.4. The van der Waals surface area contributed by atoms with Gasteiger partial charge in [0.05, 0.1) is 4.90 Å². The van der Waals surface area contributed by atoms with E-state index < -0.39 is 15.9 Å². The minimum atomic E-state index is -3.49. The minimum Gasteiger partial charge on any atom is -0.451 e. The summed E-state index contributed by atoms with van der Waals surface area (Å²) in [6, 6.07) is 13.5. The van der Waals surface area contributed by atoms with E-state index in [1.54, 1.807) is 25.1 Å². The molecule has 1 heterocycles. The van der Waals surface area contributed by atoms with Crippen molar-refractivity contribution < 1.29 is 22.4 Å². The first kappa shape index (κ1) is 20.6. The van der Waals surface area contributed by atoms with Crippen LogP contribution in [0.25, 0.3) is 11.0 Å². The maximum atomic E-state index is 12.3. The van der Waals surface area contributed by atoms with Crippen LogP contribution in [-0.2, 0) is 21.2 Å². The molecular formula is C20H21N3O5S. The lowest BCUT2D eigenvalue weighted by atomic mass is 10.1. The summed E-state index contributed by atoms with van der Waals surface area (Å²) < 4.78 is 31.2. The summed E-state index contributed by atoms with van der Waals surface area (Å²) in [5.74, 6) is -0.763. The van der Waals surface area contributed by atoms with E-state index in [0.717, 1.165) is 10.9 Å². The molecule has 0 fully saturated rings. The van der Waals surface area contributed by atoms with E-state index in [1.807, 2.05) is 18.2 Å². The van der Waals surface area contributed by atoms with E-state index in [9.17, 15) is 18.0 Å². The molecule has 152 valence electrons. The van der Waals surface area contributed by atoms with Gasteiger partial charge >= 0.3 is 5.91 Å². The molecule has 0 aliphatic heterocycles. The van der Waals surface area contributed by atoms with Crippen molar-refractivity contribution in [1.82, 2.24) is 15.6 Å². The van der Waals surface area contributed by atoms with Crippen molar-refractivity contribution in [3.63, 3.8) is 0 Å². The number of sulfonamides is 1. The van der Waals surface area contributed by atoms with Gasteiger partial charge in [-0.2, -0.15) is 0 Å². The third kappa shape index (κ3) is 4.64. The Labute approximate surface area is 168 Å². The smallest absolute Gasteiger partial charge is 0.305 e. The van der Waals surface area contributed by atoms with Gasteiger partial charge < -0.3 is 4.42 Å². The number of carbonyl (C=O) groups excluding carboxylic acids is 2. The largest absolute Gasteiger partial charge is 0.451 e. The van der Waals surface area contributed by atoms with Gasteiger partial charge in [0.15, 0.2) is 5.76 Å². The van der Waals surface area contributed by atoms with Crippen molar-refractivity contribution in [3.8, 4) is 0 Å². The molecule has 0 spiro atoms. The molecule has 9 heteroatoms. The number of para-hydroxylation sites is 1. The van der Waals surface area contributed by atoms with E-state index in [1.165, 1.54) is 19.2 Å². The number of aryl methyl sites for hydroxylation is 2. The second kappa shape index (κ2) is 8.46. The molecule has 3 N–H and O–H groups in total. The van der Waals surface area contributed by atoms with Crippen LogP contribution in [0.15, 0.2) is 57.8 Å². The van der Waals surface area contributed by atoms with E-state index >= 15 is 0 Å². The van der Waals surface area contributed by atoms with Gasteiger partial charge in [-0.3, -0.25) is 20.4 Å². The lowest BCUT2D eigenvalue weighted by Gasteiger charge is -2.07. The minimum absolute atomic E-state index is 0.123. The maximum absolute atomic E-state index is 12.3. The first-order chi connectivity index (χ1) is 13.8. The highest BCUT2D eigenvalue weighted by molar-refractivity contribution is 7.89. The molecule has 2 amide bonds. The second-order valence-corrected chi connectivity index (χ2v) is 8.29. The highest BCUT2D eigenvalue weighted by Crippen LogP contribution is 2.24. The predicted molar refractivity (Wildman–Crippen MR) is 108 cm³/mol. The molecular weight excluding hydrogens is 394 g/mol. The molecule has 0 unspecified atom stereocenters. The van der Waals surface area contributed by atoms with E-state index in [0.29, 0.717) is 17.6 Å². The standard InChI is InChI=1S/C20H21N3O5S/c1-13-16-5-3-4-6-17(16)28-19(13)20(25)23-22-18(24)12-9-14-7-10-15(11-8-14)29(26,27)21-2/h3-8,10-11,21H,9,12H2,1-2H3,(H,22,24)(H,23,25). The zero-order valence-corrected chi connectivity index (χ0v) is 16.8. The number of hydrogen-bond acceptors (Lipinski definition) is 5. The van der Waals surface area contributed by atoms with E-state index in [-0.39, 0.29) is 23.0 Å². The number of benzene rings is 2. The summed E-state index contributed by atoms with van der Waals surface area (Å²) in [6.45, 7) is 1.78. The number of hydrazine groups is 1. The molecule has 2 aromatic carbocycles. The number of fused-ring (bicyclic) bond motifs is 1. The SMILES string of the molecule is CNS(=O)(=O)c1ccc(CCC(=O)NNC(=O)c2oc3ccccc3c2C)cc1. The Hall–Kier alpha value is -3.17. The van der Waals surface area contributed by atoms with Crippen LogP contribution in [0.5, 0.6) is 0 Å². The number of furan rings is 1. The van der Waals surface area contributed by atoms with Crippen molar-refractivity contribution in [3.05, 3.63) is 65.4 Å². The maximum Gasteiger partial charge on any atom is 0.305 e. The fourth-order valence-electron chi connectivity index (χ4n) is 2.85. The Morgan fingerprint density at radius 1 is 1.00 bits per heavy atom. The summed E-state index contributed by atoms with van der Waals surface area (Å²) in [6.07, 6.45) is 0.517. The molecule has 0 saturated carbocycles. The van der Waals surface area contributed by atoms with Gasteiger partial charge in [0.25, 0.3) is 0 Å². The molecule has 0 aliphatic rings.